The van der Waals surface area contributed by atoms with Gasteiger partial charge in [-0.1, -0.05) is 13.8 Å². The van der Waals surface area contributed by atoms with E-state index in [1.807, 2.05) is 0 Å². The number of fused-ring (bicyclic) bond motifs is 5. The molecule has 3 aliphatic rings. The first-order chi connectivity index (χ1) is 8.93. The Hall–Kier alpha value is -1.39. The highest BCUT2D eigenvalue weighted by Crippen LogP contribution is 2.56. The molecule has 5 heteroatoms. The maximum Gasteiger partial charge on any atom is 0.234 e. The largest absolute Gasteiger partial charge is 0.548 e. The van der Waals surface area contributed by atoms with Crippen molar-refractivity contribution in [3.63, 3.8) is 0 Å². The van der Waals surface area contributed by atoms with Crippen LogP contribution in [0.3, 0.4) is 0 Å². The third-order valence-corrected chi connectivity index (χ3v) is 5.11. The number of hydrogen-bond donors (Lipinski definition) is 0. The number of carbonyl (C=O) groups is 3. The molecular formula is C14H18NO4-. The summed E-state index contributed by atoms with van der Waals surface area (Å²) in [4.78, 5) is 37.2. The lowest BCUT2D eigenvalue weighted by Crippen LogP contribution is -2.54. The molecule has 1 saturated heterocycles. The van der Waals surface area contributed by atoms with Gasteiger partial charge in [-0.05, 0) is 37.0 Å². The Kier molecular flexibility index (Phi) is 2.69. The zero-order chi connectivity index (χ0) is 13.9. The van der Waals surface area contributed by atoms with Crippen molar-refractivity contribution in [1.29, 1.82) is 0 Å². The predicted octanol–water partition coefficient (Wildman–Crippen LogP) is -0.208. The first-order valence-corrected chi connectivity index (χ1v) is 7.01. The van der Waals surface area contributed by atoms with E-state index in [2.05, 4.69) is 0 Å². The van der Waals surface area contributed by atoms with Gasteiger partial charge in [0.15, 0.2) is 0 Å². The summed E-state index contributed by atoms with van der Waals surface area (Å²) < 4.78 is 0. The molecule has 3 fully saturated rings. The molecule has 0 aromatic heterocycles. The number of carboxylic acids is 1. The van der Waals surface area contributed by atoms with Crippen LogP contribution in [0.15, 0.2) is 0 Å². The van der Waals surface area contributed by atoms with Crippen molar-refractivity contribution in [3.05, 3.63) is 0 Å². The van der Waals surface area contributed by atoms with Crippen LogP contribution in [-0.2, 0) is 14.4 Å². The molecule has 1 heterocycles. The Balaban J connectivity index is 1.94. The van der Waals surface area contributed by atoms with E-state index >= 15 is 0 Å². The van der Waals surface area contributed by atoms with E-state index in [1.54, 1.807) is 13.8 Å². The second kappa shape index (κ2) is 4.05. The number of carbonyl (C=O) groups excluding carboxylic acids is 3. The molecule has 3 rings (SSSR count). The SMILES string of the molecule is CC(C)[C@@H](C(=O)[O-])N1C(=O)[C@H]2[C@@H]3CC[C@@H](C3)[C@@H]2C1=O. The molecule has 0 unspecified atom stereocenters. The topological polar surface area (TPSA) is 77.5 Å². The Morgan fingerprint density at radius 1 is 1.16 bits per heavy atom. The van der Waals surface area contributed by atoms with E-state index in [0.717, 1.165) is 24.2 Å². The molecule has 1 aliphatic heterocycles. The van der Waals surface area contributed by atoms with E-state index in [4.69, 9.17) is 0 Å². The molecule has 0 spiro atoms. The number of likely N-dealkylation sites (tertiary alicyclic amines) is 1. The van der Waals surface area contributed by atoms with E-state index in [-0.39, 0.29) is 41.4 Å². The smallest absolute Gasteiger partial charge is 0.234 e. The minimum Gasteiger partial charge on any atom is -0.548 e. The van der Waals surface area contributed by atoms with Crippen LogP contribution in [0.4, 0.5) is 0 Å². The van der Waals surface area contributed by atoms with Crippen LogP contribution in [0.5, 0.6) is 0 Å². The normalized spacial score (nSPS) is 38.2. The van der Waals surface area contributed by atoms with Crippen LogP contribution < -0.4 is 5.11 Å². The number of amides is 2. The summed E-state index contributed by atoms with van der Waals surface area (Å²) in [6.07, 6.45) is 2.95. The number of rotatable bonds is 3. The average molecular weight is 264 g/mol. The molecule has 5 atom stereocenters. The van der Waals surface area contributed by atoms with Crippen molar-refractivity contribution >= 4 is 17.8 Å². The van der Waals surface area contributed by atoms with E-state index < -0.39 is 12.0 Å². The Morgan fingerprint density at radius 3 is 2.00 bits per heavy atom. The molecule has 104 valence electrons. The van der Waals surface area contributed by atoms with Crippen molar-refractivity contribution in [3.8, 4) is 0 Å². The second-order valence-electron chi connectivity index (χ2n) is 6.44. The monoisotopic (exact) mass is 264 g/mol. The van der Waals surface area contributed by atoms with Gasteiger partial charge in [0.05, 0.1) is 23.8 Å². The lowest BCUT2D eigenvalue weighted by Gasteiger charge is -2.31. The van der Waals surface area contributed by atoms with Crippen molar-refractivity contribution in [1.82, 2.24) is 4.90 Å². The van der Waals surface area contributed by atoms with Gasteiger partial charge in [-0.15, -0.1) is 0 Å². The second-order valence-corrected chi connectivity index (χ2v) is 6.44. The average Bonchev–Trinajstić information content (AvgIpc) is 2.97. The lowest BCUT2D eigenvalue weighted by molar-refractivity contribution is -0.312. The fourth-order valence-electron chi connectivity index (χ4n) is 4.38. The first-order valence-electron chi connectivity index (χ1n) is 7.01. The van der Waals surface area contributed by atoms with Crippen LogP contribution in [0.25, 0.3) is 0 Å². The van der Waals surface area contributed by atoms with Gasteiger partial charge >= 0.3 is 0 Å². The zero-order valence-corrected chi connectivity index (χ0v) is 11.2. The van der Waals surface area contributed by atoms with E-state index in [1.165, 1.54) is 0 Å². The van der Waals surface area contributed by atoms with Gasteiger partial charge in [-0.2, -0.15) is 0 Å². The maximum atomic E-state index is 12.5. The van der Waals surface area contributed by atoms with Gasteiger partial charge in [0.1, 0.15) is 0 Å². The molecule has 0 radical (unpaired) electrons. The van der Waals surface area contributed by atoms with Gasteiger partial charge in [0.25, 0.3) is 0 Å². The number of imide groups is 1. The summed E-state index contributed by atoms with van der Waals surface area (Å²) in [5, 5.41) is 11.3. The molecule has 19 heavy (non-hydrogen) atoms. The van der Waals surface area contributed by atoms with Gasteiger partial charge in [-0.25, -0.2) is 0 Å². The number of hydrogen-bond acceptors (Lipinski definition) is 4. The molecule has 5 nitrogen and oxygen atoms in total. The summed E-state index contributed by atoms with van der Waals surface area (Å²) in [5.41, 5.74) is 0. The van der Waals surface area contributed by atoms with Crippen LogP contribution >= 0.6 is 0 Å². The van der Waals surface area contributed by atoms with Crippen molar-refractivity contribution in [2.45, 2.75) is 39.2 Å². The quantitative estimate of drug-likeness (QED) is 0.661. The molecule has 2 saturated carbocycles. The van der Waals surface area contributed by atoms with Crippen LogP contribution in [0.1, 0.15) is 33.1 Å². The summed E-state index contributed by atoms with van der Waals surface area (Å²) in [5.74, 6) is -2.15. The third kappa shape index (κ3) is 1.56. The molecule has 0 N–H and O–H groups in total. The molecular weight excluding hydrogens is 246 g/mol. The fraction of sp³-hybridized carbons (Fsp3) is 0.786. The van der Waals surface area contributed by atoms with E-state index in [0.29, 0.717) is 0 Å². The third-order valence-electron chi connectivity index (χ3n) is 5.11. The van der Waals surface area contributed by atoms with Crippen LogP contribution in [0, 0.1) is 29.6 Å². The van der Waals surface area contributed by atoms with Gasteiger partial charge < -0.3 is 9.90 Å². The number of nitrogens with zero attached hydrogens (tertiary/aromatic N) is 1. The lowest BCUT2D eigenvalue weighted by atomic mass is 9.81. The number of aliphatic carboxylic acids is 1. The maximum absolute atomic E-state index is 12.5. The molecule has 2 bridgehead atoms. The van der Waals surface area contributed by atoms with Gasteiger partial charge in [0.2, 0.25) is 11.8 Å². The Labute approximate surface area is 112 Å². The molecule has 2 amide bonds. The zero-order valence-electron chi connectivity index (χ0n) is 11.2. The van der Waals surface area contributed by atoms with Gasteiger partial charge in [0, 0.05) is 0 Å². The Bertz CT molecular complexity index is 430. The highest BCUT2D eigenvalue weighted by molar-refractivity contribution is 6.08. The minimum atomic E-state index is -1.33. The van der Waals surface area contributed by atoms with Crippen molar-refractivity contribution in [2.75, 3.05) is 0 Å². The Morgan fingerprint density at radius 2 is 1.63 bits per heavy atom. The van der Waals surface area contributed by atoms with E-state index in [9.17, 15) is 19.5 Å². The molecule has 0 aromatic rings. The molecule has 0 aromatic carbocycles. The highest BCUT2D eigenvalue weighted by atomic mass is 16.4. The van der Waals surface area contributed by atoms with Crippen molar-refractivity contribution in [2.24, 2.45) is 29.6 Å². The summed E-state index contributed by atoms with van der Waals surface area (Å²) in [6.45, 7) is 3.40. The van der Waals surface area contributed by atoms with Crippen LogP contribution in [0.2, 0.25) is 0 Å². The summed E-state index contributed by atoms with van der Waals surface area (Å²) >= 11 is 0. The first kappa shape index (κ1) is 12.6. The molecule has 2 aliphatic carbocycles. The minimum absolute atomic E-state index is 0.258. The summed E-state index contributed by atoms with van der Waals surface area (Å²) in [6, 6.07) is -1.12. The standard InChI is InChI=1S/C14H19NO4/c1-6(2)11(14(18)19)15-12(16)9-7-3-4-8(5-7)10(9)13(15)17/h6-11H,3-5H2,1-2H3,(H,18,19)/p-1/t7-,8+,9-,10-,11-/m0/s1. The predicted molar refractivity (Wildman–Crippen MR) is 63.3 cm³/mol. The van der Waals surface area contributed by atoms with Crippen LogP contribution in [-0.4, -0.2) is 28.7 Å². The fourth-order valence-corrected chi connectivity index (χ4v) is 4.38. The van der Waals surface area contributed by atoms with Gasteiger partial charge in [-0.3, -0.25) is 14.5 Å². The highest BCUT2D eigenvalue weighted by Gasteiger charge is 2.62. The number of carboxylic acid groups (broad SMARTS) is 1. The van der Waals surface area contributed by atoms with Crippen molar-refractivity contribution < 1.29 is 19.5 Å². The summed E-state index contributed by atoms with van der Waals surface area (Å²) in [7, 11) is 0.